The molecule has 0 saturated carbocycles. The molecule has 0 aliphatic carbocycles. The van der Waals surface area contributed by atoms with Gasteiger partial charge in [0.05, 0.1) is 0 Å². The minimum atomic E-state index is 0.521. The standard InChI is InChI=1S/C18H30N2/c1-5-17-13-20(15(4)11-14(2)3)18(12-19-17)16-9-7-6-8-10-16/h6-10,14-15,17-19H,5,11-13H2,1-4H3. The quantitative estimate of drug-likeness (QED) is 0.877. The van der Waals surface area contributed by atoms with Gasteiger partial charge in [-0.15, -0.1) is 0 Å². The van der Waals surface area contributed by atoms with E-state index in [2.05, 4.69) is 68.2 Å². The van der Waals surface area contributed by atoms with Crippen LogP contribution in [-0.2, 0) is 0 Å². The Morgan fingerprint density at radius 2 is 1.90 bits per heavy atom. The topological polar surface area (TPSA) is 15.3 Å². The van der Waals surface area contributed by atoms with Gasteiger partial charge in [0.2, 0.25) is 0 Å². The number of hydrogen-bond donors (Lipinski definition) is 1. The first-order valence-electron chi connectivity index (χ1n) is 8.15. The Balaban J connectivity index is 2.15. The lowest BCUT2D eigenvalue weighted by Crippen LogP contribution is -2.54. The molecule has 20 heavy (non-hydrogen) atoms. The molecule has 1 aromatic rings. The second-order valence-corrected chi connectivity index (χ2v) is 6.62. The summed E-state index contributed by atoms with van der Waals surface area (Å²) < 4.78 is 0. The summed E-state index contributed by atoms with van der Waals surface area (Å²) in [4.78, 5) is 2.72. The molecule has 2 heteroatoms. The minimum Gasteiger partial charge on any atom is -0.311 e. The Labute approximate surface area is 124 Å². The van der Waals surface area contributed by atoms with Gasteiger partial charge < -0.3 is 5.32 Å². The van der Waals surface area contributed by atoms with Gasteiger partial charge in [-0.05, 0) is 31.2 Å². The molecule has 112 valence electrons. The SMILES string of the molecule is CCC1CN(C(C)CC(C)C)C(c2ccccc2)CN1. The maximum Gasteiger partial charge on any atom is 0.0476 e. The molecule has 3 unspecified atom stereocenters. The summed E-state index contributed by atoms with van der Waals surface area (Å²) in [6.45, 7) is 11.6. The van der Waals surface area contributed by atoms with Gasteiger partial charge in [0.1, 0.15) is 0 Å². The monoisotopic (exact) mass is 274 g/mol. The average molecular weight is 274 g/mol. The molecule has 2 nitrogen and oxygen atoms in total. The van der Waals surface area contributed by atoms with Crippen molar-refractivity contribution in [3.05, 3.63) is 35.9 Å². The Morgan fingerprint density at radius 1 is 1.20 bits per heavy atom. The summed E-state index contributed by atoms with van der Waals surface area (Å²) >= 11 is 0. The smallest absolute Gasteiger partial charge is 0.0476 e. The van der Waals surface area contributed by atoms with Crippen LogP contribution in [-0.4, -0.2) is 30.1 Å². The van der Waals surface area contributed by atoms with Crippen molar-refractivity contribution in [2.75, 3.05) is 13.1 Å². The van der Waals surface area contributed by atoms with Crippen molar-refractivity contribution in [1.29, 1.82) is 0 Å². The third-order valence-corrected chi connectivity index (χ3v) is 4.49. The van der Waals surface area contributed by atoms with Crippen molar-refractivity contribution in [3.63, 3.8) is 0 Å². The Bertz CT molecular complexity index is 388. The van der Waals surface area contributed by atoms with Crippen molar-refractivity contribution >= 4 is 0 Å². The maximum atomic E-state index is 3.71. The molecule has 0 aromatic heterocycles. The van der Waals surface area contributed by atoms with Crippen LogP contribution < -0.4 is 5.32 Å². The normalized spacial score (nSPS) is 25.9. The van der Waals surface area contributed by atoms with Gasteiger partial charge >= 0.3 is 0 Å². The fourth-order valence-corrected chi connectivity index (χ4v) is 3.40. The molecule has 0 radical (unpaired) electrons. The predicted molar refractivity (Wildman–Crippen MR) is 86.9 cm³/mol. The summed E-state index contributed by atoms with van der Waals surface area (Å²) in [6, 6.07) is 12.8. The van der Waals surface area contributed by atoms with Crippen molar-refractivity contribution < 1.29 is 0 Å². The zero-order valence-electron chi connectivity index (χ0n) is 13.5. The van der Waals surface area contributed by atoms with Gasteiger partial charge in [-0.2, -0.15) is 0 Å². The van der Waals surface area contributed by atoms with E-state index < -0.39 is 0 Å². The molecule has 1 N–H and O–H groups in total. The molecule has 1 fully saturated rings. The lowest BCUT2D eigenvalue weighted by molar-refractivity contribution is 0.0772. The highest BCUT2D eigenvalue weighted by Crippen LogP contribution is 2.28. The zero-order valence-corrected chi connectivity index (χ0v) is 13.5. The Morgan fingerprint density at radius 3 is 2.50 bits per heavy atom. The van der Waals surface area contributed by atoms with Crippen LogP contribution in [0.1, 0.15) is 52.1 Å². The van der Waals surface area contributed by atoms with Crippen molar-refractivity contribution in [2.45, 2.75) is 58.7 Å². The van der Waals surface area contributed by atoms with Gasteiger partial charge in [-0.1, -0.05) is 51.1 Å². The van der Waals surface area contributed by atoms with E-state index in [1.54, 1.807) is 0 Å². The third kappa shape index (κ3) is 3.83. The second-order valence-electron chi connectivity index (χ2n) is 6.62. The first-order valence-corrected chi connectivity index (χ1v) is 8.15. The molecule has 0 spiro atoms. The van der Waals surface area contributed by atoms with Gasteiger partial charge in [-0.25, -0.2) is 0 Å². The molecule has 1 aliphatic rings. The highest BCUT2D eigenvalue weighted by Gasteiger charge is 2.31. The first kappa shape index (κ1) is 15.5. The molecular formula is C18H30N2. The first-order chi connectivity index (χ1) is 9.61. The van der Waals surface area contributed by atoms with Crippen molar-refractivity contribution in [3.8, 4) is 0 Å². The summed E-state index contributed by atoms with van der Waals surface area (Å²) in [5.74, 6) is 0.761. The molecule has 1 aliphatic heterocycles. The van der Waals surface area contributed by atoms with Crippen LogP contribution in [0.5, 0.6) is 0 Å². The number of nitrogens with one attached hydrogen (secondary N) is 1. The van der Waals surface area contributed by atoms with E-state index in [1.165, 1.54) is 24.9 Å². The van der Waals surface area contributed by atoms with Gasteiger partial charge in [0, 0.05) is 31.2 Å². The summed E-state index contributed by atoms with van der Waals surface area (Å²) in [5.41, 5.74) is 1.45. The van der Waals surface area contributed by atoms with E-state index in [0.717, 1.165) is 12.5 Å². The van der Waals surface area contributed by atoms with E-state index in [4.69, 9.17) is 0 Å². The molecule has 0 bridgehead atoms. The van der Waals surface area contributed by atoms with Gasteiger partial charge in [0.25, 0.3) is 0 Å². The molecule has 1 aromatic carbocycles. The fraction of sp³-hybridized carbons (Fsp3) is 0.667. The maximum absolute atomic E-state index is 3.71. The fourth-order valence-electron chi connectivity index (χ4n) is 3.40. The van der Waals surface area contributed by atoms with E-state index in [9.17, 15) is 0 Å². The van der Waals surface area contributed by atoms with Crippen LogP contribution in [0.15, 0.2) is 30.3 Å². The van der Waals surface area contributed by atoms with Crippen LogP contribution >= 0.6 is 0 Å². The predicted octanol–water partition coefficient (Wildman–Crippen LogP) is 3.85. The summed E-state index contributed by atoms with van der Waals surface area (Å²) in [5, 5.41) is 3.71. The number of hydrogen-bond acceptors (Lipinski definition) is 2. The number of benzene rings is 1. The van der Waals surface area contributed by atoms with Crippen LogP contribution in [0.25, 0.3) is 0 Å². The van der Waals surface area contributed by atoms with Crippen LogP contribution in [0, 0.1) is 5.92 Å². The van der Waals surface area contributed by atoms with Gasteiger partial charge in [0.15, 0.2) is 0 Å². The third-order valence-electron chi connectivity index (χ3n) is 4.49. The molecule has 1 saturated heterocycles. The molecule has 0 amide bonds. The Hall–Kier alpha value is -0.860. The van der Waals surface area contributed by atoms with E-state index in [-0.39, 0.29) is 0 Å². The lowest BCUT2D eigenvalue weighted by Gasteiger charge is -2.44. The second kappa shape index (κ2) is 7.24. The molecule has 1 heterocycles. The highest BCUT2D eigenvalue weighted by molar-refractivity contribution is 5.20. The van der Waals surface area contributed by atoms with Crippen molar-refractivity contribution in [1.82, 2.24) is 10.2 Å². The Kier molecular flexibility index (Phi) is 5.62. The molecular weight excluding hydrogens is 244 g/mol. The molecule has 2 rings (SSSR count). The largest absolute Gasteiger partial charge is 0.311 e. The number of piperazine rings is 1. The van der Waals surface area contributed by atoms with E-state index in [1.807, 2.05) is 0 Å². The van der Waals surface area contributed by atoms with Crippen LogP contribution in [0.3, 0.4) is 0 Å². The summed E-state index contributed by atoms with van der Waals surface area (Å²) in [7, 11) is 0. The van der Waals surface area contributed by atoms with Crippen molar-refractivity contribution in [2.24, 2.45) is 5.92 Å². The minimum absolute atomic E-state index is 0.521. The summed E-state index contributed by atoms with van der Waals surface area (Å²) in [6.07, 6.45) is 2.49. The molecule has 3 atom stereocenters. The number of rotatable bonds is 5. The van der Waals surface area contributed by atoms with Crippen LogP contribution in [0.2, 0.25) is 0 Å². The average Bonchev–Trinajstić information content (AvgIpc) is 2.46. The van der Waals surface area contributed by atoms with E-state index >= 15 is 0 Å². The highest BCUT2D eigenvalue weighted by atomic mass is 15.3. The van der Waals surface area contributed by atoms with Crippen LogP contribution in [0.4, 0.5) is 0 Å². The lowest BCUT2D eigenvalue weighted by atomic mass is 9.95. The number of nitrogens with zero attached hydrogens (tertiary/aromatic N) is 1. The van der Waals surface area contributed by atoms with Gasteiger partial charge in [-0.3, -0.25) is 4.90 Å². The zero-order chi connectivity index (χ0) is 14.5. The van der Waals surface area contributed by atoms with E-state index in [0.29, 0.717) is 18.1 Å².